The van der Waals surface area contributed by atoms with Crippen molar-refractivity contribution in [2.45, 2.75) is 37.6 Å². The quantitative estimate of drug-likeness (QED) is 0.460. The minimum Gasteiger partial charge on any atom is -0.392 e. The van der Waals surface area contributed by atoms with Crippen LogP contribution in [0.15, 0.2) is 32.3 Å². The molecule has 12 heteroatoms. The van der Waals surface area contributed by atoms with Gasteiger partial charge in [0.05, 0.1) is 10.0 Å². The van der Waals surface area contributed by atoms with Gasteiger partial charge in [0, 0.05) is 17.5 Å². The van der Waals surface area contributed by atoms with Crippen LogP contribution in [-0.2, 0) is 0 Å². The molecule has 2 aromatic heterocycles. The summed E-state index contributed by atoms with van der Waals surface area (Å²) < 4.78 is 5.44. The van der Waals surface area contributed by atoms with Gasteiger partial charge in [-0.1, -0.05) is 28.4 Å². The first kappa shape index (κ1) is 21.1. The lowest BCUT2D eigenvalue weighted by Crippen LogP contribution is -2.40. The van der Waals surface area contributed by atoms with Crippen LogP contribution in [0.3, 0.4) is 0 Å². The molecule has 2 heterocycles. The second-order valence-corrected chi connectivity index (χ2v) is 8.12. The second kappa shape index (κ2) is 8.56. The van der Waals surface area contributed by atoms with Crippen LogP contribution in [0.4, 0.5) is 5.69 Å². The zero-order valence-electron chi connectivity index (χ0n) is 16.1. The van der Waals surface area contributed by atoms with Crippen LogP contribution in [0.1, 0.15) is 48.0 Å². The molecule has 162 valence electrons. The summed E-state index contributed by atoms with van der Waals surface area (Å²) in [6, 6.07) is 4.97. The molecule has 0 aliphatic heterocycles. The first-order valence-corrected chi connectivity index (χ1v) is 10.3. The van der Waals surface area contributed by atoms with E-state index in [9.17, 15) is 14.4 Å². The molecule has 0 bridgehead atoms. The number of nitrogens with two attached hydrogens (primary N) is 1. The van der Waals surface area contributed by atoms with E-state index in [1.165, 1.54) is 0 Å². The van der Waals surface area contributed by atoms with Crippen LogP contribution in [0.25, 0.3) is 11.4 Å². The SMILES string of the molecule is Nc1c(C(=O)NC2CCC(c3nc(-c4ccc(Cl)c(Cl)c4)no3)CC2)[nH]c(=O)[nH]c1=O. The lowest BCUT2D eigenvalue weighted by Gasteiger charge is -2.27. The Bertz CT molecular complexity index is 1240. The molecule has 10 nitrogen and oxygen atoms in total. The molecule has 0 radical (unpaired) electrons. The fourth-order valence-corrected chi connectivity index (χ4v) is 3.87. The van der Waals surface area contributed by atoms with E-state index in [1.807, 2.05) is 4.98 Å². The maximum Gasteiger partial charge on any atom is 0.326 e. The third-order valence-electron chi connectivity index (χ3n) is 5.24. The van der Waals surface area contributed by atoms with Crippen LogP contribution in [0.2, 0.25) is 10.0 Å². The van der Waals surface area contributed by atoms with E-state index in [4.69, 9.17) is 33.5 Å². The van der Waals surface area contributed by atoms with Crippen molar-refractivity contribution in [3.05, 3.63) is 60.7 Å². The number of nitrogens with one attached hydrogen (secondary N) is 3. The molecule has 1 saturated carbocycles. The second-order valence-electron chi connectivity index (χ2n) is 7.30. The molecule has 1 aliphatic rings. The van der Waals surface area contributed by atoms with Gasteiger partial charge in [0.15, 0.2) is 0 Å². The number of benzene rings is 1. The number of nitrogen functional groups attached to an aromatic ring is 1. The van der Waals surface area contributed by atoms with Crippen molar-refractivity contribution in [3.8, 4) is 11.4 Å². The van der Waals surface area contributed by atoms with E-state index < -0.39 is 17.2 Å². The summed E-state index contributed by atoms with van der Waals surface area (Å²) in [5, 5.41) is 7.69. The number of carbonyl (C=O) groups is 1. The molecular weight excluding hydrogens is 447 g/mol. The number of aromatic nitrogens is 4. The molecule has 3 aromatic rings. The van der Waals surface area contributed by atoms with Crippen LogP contribution in [0, 0.1) is 0 Å². The number of aromatic amines is 2. The molecule has 31 heavy (non-hydrogen) atoms. The Morgan fingerprint density at radius 3 is 2.58 bits per heavy atom. The zero-order valence-corrected chi connectivity index (χ0v) is 17.6. The Kier molecular flexibility index (Phi) is 5.84. The predicted octanol–water partition coefficient (Wildman–Crippen LogP) is 2.46. The number of halogens is 2. The van der Waals surface area contributed by atoms with E-state index >= 15 is 0 Å². The smallest absolute Gasteiger partial charge is 0.326 e. The summed E-state index contributed by atoms with van der Waals surface area (Å²) in [6.45, 7) is 0. The summed E-state index contributed by atoms with van der Waals surface area (Å²) in [7, 11) is 0. The summed E-state index contributed by atoms with van der Waals surface area (Å²) in [6.07, 6.45) is 2.76. The normalized spacial score (nSPS) is 18.6. The molecule has 1 fully saturated rings. The van der Waals surface area contributed by atoms with Gasteiger partial charge in [-0.2, -0.15) is 4.98 Å². The lowest BCUT2D eigenvalue weighted by atomic mass is 9.86. The zero-order chi connectivity index (χ0) is 22.1. The van der Waals surface area contributed by atoms with Crippen LogP contribution in [0.5, 0.6) is 0 Å². The standard InChI is InChI=1S/C19H18Cl2N6O4/c20-11-6-3-9(7-12(11)21)15-25-18(31-27-15)8-1-4-10(5-2-8)23-17(29)14-13(22)16(28)26-19(30)24-14/h3,6-8,10H,1-2,4-5,22H2,(H,23,29)(H2,24,26,28,30). The average molecular weight is 465 g/mol. The fraction of sp³-hybridized carbons (Fsp3) is 0.316. The number of nitrogens with zero attached hydrogens (tertiary/aromatic N) is 2. The number of rotatable bonds is 4. The number of H-pyrrole nitrogens is 2. The number of hydrogen-bond donors (Lipinski definition) is 4. The Morgan fingerprint density at radius 2 is 1.87 bits per heavy atom. The van der Waals surface area contributed by atoms with Gasteiger partial charge in [-0.15, -0.1) is 0 Å². The summed E-state index contributed by atoms with van der Waals surface area (Å²) >= 11 is 12.0. The minimum absolute atomic E-state index is 0.0571. The van der Waals surface area contributed by atoms with Crippen molar-refractivity contribution in [2.24, 2.45) is 0 Å². The predicted molar refractivity (Wildman–Crippen MR) is 114 cm³/mol. The van der Waals surface area contributed by atoms with Crippen molar-refractivity contribution in [2.75, 3.05) is 5.73 Å². The molecule has 0 saturated heterocycles. The molecule has 0 atom stereocenters. The largest absolute Gasteiger partial charge is 0.392 e. The lowest BCUT2D eigenvalue weighted by molar-refractivity contribution is 0.0920. The molecule has 5 N–H and O–H groups in total. The third kappa shape index (κ3) is 4.49. The van der Waals surface area contributed by atoms with Crippen LogP contribution >= 0.6 is 23.2 Å². The molecule has 0 spiro atoms. The Balaban J connectivity index is 1.39. The van der Waals surface area contributed by atoms with Gasteiger partial charge in [-0.3, -0.25) is 14.6 Å². The molecule has 4 rings (SSSR count). The highest BCUT2D eigenvalue weighted by atomic mass is 35.5. The maximum absolute atomic E-state index is 12.4. The number of hydrogen-bond acceptors (Lipinski definition) is 7. The van der Waals surface area contributed by atoms with E-state index in [1.54, 1.807) is 18.2 Å². The van der Waals surface area contributed by atoms with E-state index in [-0.39, 0.29) is 23.3 Å². The Morgan fingerprint density at radius 1 is 1.13 bits per heavy atom. The fourth-order valence-electron chi connectivity index (χ4n) is 3.57. The number of carbonyl (C=O) groups excluding carboxylic acids is 1. The van der Waals surface area contributed by atoms with Crippen molar-refractivity contribution < 1.29 is 9.32 Å². The minimum atomic E-state index is -0.799. The third-order valence-corrected chi connectivity index (χ3v) is 5.98. The van der Waals surface area contributed by atoms with Gasteiger partial charge in [-0.05, 0) is 43.9 Å². The van der Waals surface area contributed by atoms with E-state index in [2.05, 4.69) is 20.4 Å². The van der Waals surface area contributed by atoms with Gasteiger partial charge >= 0.3 is 5.69 Å². The van der Waals surface area contributed by atoms with Crippen molar-refractivity contribution in [3.63, 3.8) is 0 Å². The van der Waals surface area contributed by atoms with Crippen LogP contribution < -0.4 is 22.3 Å². The van der Waals surface area contributed by atoms with Gasteiger partial charge in [0.1, 0.15) is 11.4 Å². The average Bonchev–Trinajstić information content (AvgIpc) is 3.23. The van der Waals surface area contributed by atoms with Gasteiger partial charge in [0.25, 0.3) is 11.5 Å². The highest BCUT2D eigenvalue weighted by Gasteiger charge is 2.28. The van der Waals surface area contributed by atoms with E-state index in [0.717, 1.165) is 12.8 Å². The maximum atomic E-state index is 12.4. The number of amides is 1. The van der Waals surface area contributed by atoms with Crippen molar-refractivity contribution in [1.29, 1.82) is 0 Å². The highest BCUT2D eigenvalue weighted by molar-refractivity contribution is 6.42. The molecule has 1 aromatic carbocycles. The first-order chi connectivity index (χ1) is 14.8. The molecular formula is C19H18Cl2N6O4. The topological polar surface area (TPSA) is 160 Å². The Hall–Kier alpha value is -3.11. The monoisotopic (exact) mass is 464 g/mol. The summed E-state index contributed by atoms with van der Waals surface area (Å²) in [4.78, 5) is 44.1. The molecule has 0 unspecified atom stereocenters. The molecule has 1 aliphatic carbocycles. The summed E-state index contributed by atoms with van der Waals surface area (Å²) in [5.74, 6) is 0.414. The summed E-state index contributed by atoms with van der Waals surface area (Å²) in [5.41, 5.74) is 4.16. The molecule has 1 amide bonds. The number of anilines is 1. The van der Waals surface area contributed by atoms with E-state index in [0.29, 0.717) is 40.2 Å². The van der Waals surface area contributed by atoms with Gasteiger partial charge in [0.2, 0.25) is 11.7 Å². The van der Waals surface area contributed by atoms with Crippen molar-refractivity contribution in [1.82, 2.24) is 25.4 Å². The van der Waals surface area contributed by atoms with Gasteiger partial charge < -0.3 is 20.6 Å². The van der Waals surface area contributed by atoms with Crippen molar-refractivity contribution >= 4 is 34.8 Å². The highest BCUT2D eigenvalue weighted by Crippen LogP contribution is 2.34. The van der Waals surface area contributed by atoms with Crippen LogP contribution in [-0.4, -0.2) is 32.1 Å². The first-order valence-electron chi connectivity index (χ1n) is 9.53. The van der Waals surface area contributed by atoms with Gasteiger partial charge in [-0.25, -0.2) is 4.79 Å². The Labute approximate surface area is 185 Å².